The lowest BCUT2D eigenvalue weighted by Gasteiger charge is -2.23. The van der Waals surface area contributed by atoms with Gasteiger partial charge in [-0.05, 0) is 20.3 Å². The molecule has 0 saturated carbocycles. The summed E-state index contributed by atoms with van der Waals surface area (Å²) in [5.41, 5.74) is -0.426. The number of rotatable bonds is 5. The van der Waals surface area contributed by atoms with Crippen LogP contribution in [0, 0.1) is 0 Å². The quantitative estimate of drug-likeness (QED) is 0.675. The second kappa shape index (κ2) is 6.27. The van der Waals surface area contributed by atoms with E-state index < -0.39 is 5.60 Å². The Morgan fingerprint density at radius 1 is 1.33 bits per heavy atom. The highest BCUT2D eigenvalue weighted by Gasteiger charge is 2.19. The van der Waals surface area contributed by atoms with Crippen LogP contribution in [0.2, 0.25) is 0 Å². The van der Waals surface area contributed by atoms with Gasteiger partial charge in [-0.1, -0.05) is 6.92 Å². The summed E-state index contributed by atoms with van der Waals surface area (Å²) in [5, 5.41) is 4.91. The first-order chi connectivity index (χ1) is 6.91. The monoisotopic (exact) mass is 216 g/mol. The van der Waals surface area contributed by atoms with E-state index in [1.807, 2.05) is 20.8 Å². The number of nitrogens with one attached hydrogen (secondary N) is 2. The third kappa shape index (κ3) is 6.76. The molecule has 0 heterocycles. The fourth-order valence-corrected chi connectivity index (χ4v) is 0.798. The molecule has 0 aliphatic heterocycles. The summed E-state index contributed by atoms with van der Waals surface area (Å²) in [5.74, 6) is -0.293. The van der Waals surface area contributed by atoms with E-state index in [1.54, 1.807) is 0 Å². The number of carbonyl (C=O) groups excluding carboxylic acids is 2. The Morgan fingerprint density at radius 2 is 1.93 bits per heavy atom. The molecule has 0 unspecified atom stereocenters. The minimum absolute atomic E-state index is 0.191. The summed E-state index contributed by atoms with van der Waals surface area (Å²) in [6.45, 7) is 5.96. The van der Waals surface area contributed by atoms with E-state index in [1.165, 1.54) is 7.05 Å². The van der Waals surface area contributed by atoms with Gasteiger partial charge in [0.2, 0.25) is 0 Å². The van der Waals surface area contributed by atoms with E-state index in [0.29, 0.717) is 0 Å². The highest BCUT2D eigenvalue weighted by molar-refractivity contribution is 5.75. The van der Waals surface area contributed by atoms with Crippen LogP contribution < -0.4 is 10.6 Å². The standard InChI is InChI=1S/C10H20N2O3/c1-5-10(2,3)15-8(13)6-7-12-9(14)11-4/h5-7H2,1-4H3,(H2,11,12,14). The molecule has 0 aromatic carbocycles. The molecule has 2 N–H and O–H groups in total. The summed E-state index contributed by atoms with van der Waals surface area (Å²) in [6, 6.07) is -0.294. The van der Waals surface area contributed by atoms with Crippen LogP contribution in [0.1, 0.15) is 33.6 Å². The molecule has 0 atom stereocenters. The molecule has 0 aromatic rings. The molecule has 15 heavy (non-hydrogen) atoms. The van der Waals surface area contributed by atoms with Gasteiger partial charge in [0, 0.05) is 13.6 Å². The largest absolute Gasteiger partial charge is 0.460 e. The number of ether oxygens (including phenoxy) is 1. The van der Waals surface area contributed by atoms with E-state index in [4.69, 9.17) is 4.74 Å². The number of urea groups is 1. The SMILES string of the molecule is CCC(C)(C)OC(=O)CCNC(=O)NC. The van der Waals surface area contributed by atoms with Crippen LogP contribution in [0.3, 0.4) is 0 Å². The smallest absolute Gasteiger partial charge is 0.314 e. The minimum Gasteiger partial charge on any atom is -0.460 e. The number of carbonyl (C=O) groups is 2. The summed E-state index contributed by atoms with van der Waals surface area (Å²) >= 11 is 0. The first-order valence-electron chi connectivity index (χ1n) is 5.08. The van der Waals surface area contributed by atoms with E-state index in [2.05, 4.69) is 10.6 Å². The highest BCUT2D eigenvalue weighted by Crippen LogP contribution is 2.13. The molecular weight excluding hydrogens is 196 g/mol. The molecule has 5 heteroatoms. The summed E-state index contributed by atoms with van der Waals surface area (Å²) in [4.78, 5) is 22.1. The van der Waals surface area contributed by atoms with Crippen LogP contribution >= 0.6 is 0 Å². The molecule has 0 radical (unpaired) electrons. The van der Waals surface area contributed by atoms with Gasteiger partial charge < -0.3 is 15.4 Å². The van der Waals surface area contributed by atoms with Crippen molar-refractivity contribution >= 4 is 12.0 Å². The van der Waals surface area contributed by atoms with Crippen molar-refractivity contribution in [1.82, 2.24) is 10.6 Å². The lowest BCUT2D eigenvalue weighted by molar-refractivity contribution is -0.156. The molecule has 2 amide bonds. The van der Waals surface area contributed by atoms with Crippen molar-refractivity contribution in [3.05, 3.63) is 0 Å². The molecule has 5 nitrogen and oxygen atoms in total. The van der Waals surface area contributed by atoms with Gasteiger partial charge in [0.25, 0.3) is 0 Å². The van der Waals surface area contributed by atoms with Crippen molar-refractivity contribution in [2.24, 2.45) is 0 Å². The maximum atomic E-state index is 11.3. The first-order valence-corrected chi connectivity index (χ1v) is 5.08. The molecule has 0 rings (SSSR count). The number of hydrogen-bond donors (Lipinski definition) is 2. The van der Waals surface area contributed by atoms with E-state index in [0.717, 1.165) is 6.42 Å². The average Bonchev–Trinajstić information content (AvgIpc) is 2.16. The fourth-order valence-electron chi connectivity index (χ4n) is 0.798. The Bertz CT molecular complexity index is 227. The Kier molecular flexibility index (Phi) is 5.74. The summed E-state index contributed by atoms with van der Waals surface area (Å²) in [6.07, 6.45) is 0.957. The van der Waals surface area contributed by atoms with E-state index in [9.17, 15) is 9.59 Å². The van der Waals surface area contributed by atoms with Crippen LogP contribution in [0.15, 0.2) is 0 Å². The minimum atomic E-state index is -0.426. The molecule has 0 aliphatic carbocycles. The van der Waals surface area contributed by atoms with Crippen molar-refractivity contribution in [1.29, 1.82) is 0 Å². The van der Waals surface area contributed by atoms with Crippen LogP contribution in [0.5, 0.6) is 0 Å². The Balaban J connectivity index is 3.72. The third-order valence-electron chi connectivity index (χ3n) is 2.08. The van der Waals surface area contributed by atoms with Gasteiger partial charge in [0.15, 0.2) is 0 Å². The van der Waals surface area contributed by atoms with Crippen LogP contribution in [0.25, 0.3) is 0 Å². The topological polar surface area (TPSA) is 67.4 Å². The number of amides is 2. The Hall–Kier alpha value is -1.26. The van der Waals surface area contributed by atoms with Crippen LogP contribution in [0.4, 0.5) is 4.79 Å². The summed E-state index contributed by atoms with van der Waals surface area (Å²) in [7, 11) is 1.52. The van der Waals surface area contributed by atoms with Gasteiger partial charge in [0.05, 0.1) is 6.42 Å². The van der Waals surface area contributed by atoms with Gasteiger partial charge in [-0.15, -0.1) is 0 Å². The Morgan fingerprint density at radius 3 is 2.40 bits per heavy atom. The fraction of sp³-hybridized carbons (Fsp3) is 0.800. The lowest BCUT2D eigenvalue weighted by atomic mass is 10.1. The average molecular weight is 216 g/mol. The van der Waals surface area contributed by atoms with Crippen molar-refractivity contribution in [3.63, 3.8) is 0 Å². The van der Waals surface area contributed by atoms with Crippen molar-refractivity contribution in [2.45, 2.75) is 39.2 Å². The molecular formula is C10H20N2O3. The van der Waals surface area contributed by atoms with Crippen LogP contribution in [-0.4, -0.2) is 31.2 Å². The van der Waals surface area contributed by atoms with Crippen molar-refractivity contribution in [2.75, 3.05) is 13.6 Å². The maximum absolute atomic E-state index is 11.3. The summed E-state index contributed by atoms with van der Waals surface area (Å²) < 4.78 is 5.19. The molecule has 0 bridgehead atoms. The van der Waals surface area contributed by atoms with Gasteiger partial charge in [0.1, 0.15) is 5.60 Å². The van der Waals surface area contributed by atoms with Crippen LogP contribution in [-0.2, 0) is 9.53 Å². The second-order valence-electron chi connectivity index (χ2n) is 3.84. The number of hydrogen-bond acceptors (Lipinski definition) is 3. The molecule has 0 spiro atoms. The normalized spacial score (nSPS) is 10.7. The maximum Gasteiger partial charge on any atom is 0.314 e. The van der Waals surface area contributed by atoms with Gasteiger partial charge in [-0.25, -0.2) is 4.79 Å². The molecule has 0 aliphatic rings. The van der Waals surface area contributed by atoms with Gasteiger partial charge >= 0.3 is 12.0 Å². The zero-order valence-electron chi connectivity index (χ0n) is 9.85. The molecule has 0 saturated heterocycles. The lowest BCUT2D eigenvalue weighted by Crippen LogP contribution is -2.35. The predicted octanol–water partition coefficient (Wildman–Crippen LogP) is 1.04. The van der Waals surface area contributed by atoms with E-state index >= 15 is 0 Å². The zero-order valence-corrected chi connectivity index (χ0v) is 9.85. The van der Waals surface area contributed by atoms with E-state index in [-0.39, 0.29) is 25.0 Å². The second-order valence-corrected chi connectivity index (χ2v) is 3.84. The van der Waals surface area contributed by atoms with Crippen molar-refractivity contribution in [3.8, 4) is 0 Å². The zero-order chi connectivity index (χ0) is 11.9. The third-order valence-corrected chi connectivity index (χ3v) is 2.08. The van der Waals surface area contributed by atoms with Gasteiger partial charge in [-0.2, -0.15) is 0 Å². The predicted molar refractivity (Wildman–Crippen MR) is 57.5 cm³/mol. The Labute approximate surface area is 90.6 Å². The van der Waals surface area contributed by atoms with Gasteiger partial charge in [-0.3, -0.25) is 4.79 Å². The molecule has 0 fully saturated rings. The van der Waals surface area contributed by atoms with Crippen molar-refractivity contribution < 1.29 is 14.3 Å². The number of esters is 1. The highest BCUT2D eigenvalue weighted by atomic mass is 16.6. The molecule has 0 aromatic heterocycles. The first kappa shape index (κ1) is 13.7. The molecule has 88 valence electrons.